The molecule has 0 aromatic heterocycles. The molecule has 1 fully saturated rings. The average Bonchev–Trinajstić information content (AvgIpc) is 3.33. The predicted octanol–water partition coefficient (Wildman–Crippen LogP) is 7.26. The van der Waals surface area contributed by atoms with Crippen LogP contribution in [0, 0.1) is 0 Å². The Morgan fingerprint density at radius 1 is 0.905 bits per heavy atom. The zero-order valence-electron chi connectivity index (χ0n) is 24.5. The molecule has 214 valence electrons. The summed E-state index contributed by atoms with van der Waals surface area (Å²) in [4.78, 5) is 29.5. The minimum atomic E-state index is -0.548. The number of allylic oxidation sites excluding steroid dienone is 1. The molecule has 7 heteroatoms. The number of benzene rings is 3. The van der Waals surface area contributed by atoms with Gasteiger partial charge in [-0.3, -0.25) is 9.79 Å². The molecule has 42 heavy (non-hydrogen) atoms. The van der Waals surface area contributed by atoms with Gasteiger partial charge in [-0.1, -0.05) is 78.9 Å². The summed E-state index contributed by atoms with van der Waals surface area (Å²) in [6, 6.07) is 26.1. The zero-order valence-corrected chi connectivity index (χ0v) is 24.5. The van der Waals surface area contributed by atoms with Crippen molar-refractivity contribution in [2.45, 2.75) is 70.2 Å². The molecule has 1 amide bonds. The number of fused-ring (bicyclic) bond motifs is 1. The topological polar surface area (TPSA) is 83.4 Å². The zero-order chi connectivity index (χ0) is 29.5. The van der Waals surface area contributed by atoms with E-state index < -0.39 is 11.1 Å². The van der Waals surface area contributed by atoms with Crippen molar-refractivity contribution in [3.05, 3.63) is 119 Å². The largest absolute Gasteiger partial charge is 0.444 e. The highest BCUT2D eigenvalue weighted by Gasteiger charge is 2.42. The number of amidine groups is 1. The van der Waals surface area contributed by atoms with Crippen LogP contribution in [-0.4, -0.2) is 34.0 Å². The summed E-state index contributed by atoms with van der Waals surface area (Å²) in [5, 5.41) is 10.2. The lowest BCUT2D eigenvalue weighted by molar-refractivity contribution is 0.0377. The molecule has 2 atom stereocenters. The van der Waals surface area contributed by atoms with Crippen LogP contribution in [0.1, 0.15) is 91.7 Å². The Bertz CT molecular complexity index is 1580. The molecule has 1 N–H and O–H groups in total. The van der Waals surface area contributed by atoms with Gasteiger partial charge in [-0.2, -0.15) is 5.10 Å². The number of carbonyl (C=O) groups is 2. The third kappa shape index (κ3) is 5.39. The molecule has 7 nitrogen and oxygen atoms in total. The summed E-state index contributed by atoms with van der Waals surface area (Å²) in [5.41, 5.74) is 4.77. The molecular formula is C35H36N4O3. The van der Waals surface area contributed by atoms with Crippen molar-refractivity contribution in [1.82, 2.24) is 10.3 Å². The Labute approximate surface area is 247 Å². The number of hydrogen-bond acceptors (Lipinski definition) is 6. The first-order valence-corrected chi connectivity index (χ1v) is 14.5. The number of ether oxygens (including phenoxy) is 1. The molecule has 1 aliphatic carbocycles. The van der Waals surface area contributed by atoms with Gasteiger partial charge in [0.25, 0.3) is 0 Å². The molecule has 2 unspecified atom stereocenters. The molecule has 2 aliphatic heterocycles. The lowest BCUT2D eigenvalue weighted by Gasteiger charge is -2.43. The number of hydrogen-bond donors (Lipinski definition) is 1. The highest BCUT2D eigenvalue weighted by molar-refractivity contribution is 6.15. The molecule has 3 aliphatic rings. The van der Waals surface area contributed by atoms with Crippen molar-refractivity contribution in [2.75, 3.05) is 0 Å². The molecule has 3 aromatic carbocycles. The smallest absolute Gasteiger partial charge is 0.408 e. The van der Waals surface area contributed by atoms with Crippen molar-refractivity contribution in [3.63, 3.8) is 0 Å². The maximum absolute atomic E-state index is 12.6. The molecule has 0 radical (unpaired) electrons. The summed E-state index contributed by atoms with van der Waals surface area (Å²) in [7, 11) is 0. The Balaban J connectivity index is 1.29. The Morgan fingerprint density at radius 2 is 1.60 bits per heavy atom. The van der Waals surface area contributed by atoms with Crippen LogP contribution in [0.2, 0.25) is 0 Å². The molecule has 0 bridgehead atoms. The second-order valence-electron chi connectivity index (χ2n) is 12.3. The van der Waals surface area contributed by atoms with E-state index in [9.17, 15) is 9.59 Å². The van der Waals surface area contributed by atoms with E-state index in [0.29, 0.717) is 5.56 Å². The van der Waals surface area contributed by atoms with Crippen LogP contribution in [0.5, 0.6) is 0 Å². The number of hydrazone groups is 1. The highest BCUT2D eigenvalue weighted by Crippen LogP contribution is 2.45. The highest BCUT2D eigenvalue weighted by atomic mass is 16.6. The number of rotatable bonds is 6. The van der Waals surface area contributed by atoms with Gasteiger partial charge in [-0.15, -0.1) is 0 Å². The summed E-state index contributed by atoms with van der Waals surface area (Å²) >= 11 is 0. The van der Waals surface area contributed by atoms with Crippen LogP contribution in [0.15, 0.2) is 101 Å². The summed E-state index contributed by atoms with van der Waals surface area (Å²) in [6.45, 7) is 7.20. The number of aliphatic imine (C=N–C) groups is 1. The number of alkyl carbamates (subject to hydrolysis) is 1. The van der Waals surface area contributed by atoms with Gasteiger partial charge in [-0.05, 0) is 75.8 Å². The lowest BCUT2D eigenvalue weighted by Crippen LogP contribution is -2.52. The Morgan fingerprint density at radius 3 is 2.19 bits per heavy atom. The van der Waals surface area contributed by atoms with Crippen LogP contribution in [-0.2, 0) is 10.3 Å². The minimum absolute atomic E-state index is 0.0403. The number of carbonyl (C=O) groups excluding carboxylic acids is 2. The van der Waals surface area contributed by atoms with Gasteiger partial charge < -0.3 is 10.1 Å². The van der Waals surface area contributed by atoms with Gasteiger partial charge in [0.05, 0.1) is 11.3 Å². The number of Topliss-reactive ketones (excluding diaryl/α,β-unsaturated/α-hetero) is 1. The third-order valence-electron chi connectivity index (χ3n) is 8.15. The lowest BCUT2D eigenvalue weighted by atomic mass is 9.71. The van der Waals surface area contributed by atoms with E-state index in [-0.39, 0.29) is 24.0 Å². The van der Waals surface area contributed by atoms with Crippen molar-refractivity contribution < 1.29 is 14.3 Å². The average molecular weight is 561 g/mol. The SMILES string of the molecule is CC(=O)c1ccc(C2=NN3C(=NC(c4ccc(C5(NC(=O)OC(C)(C)C)CCC5)cc4)C3c3ccccc3)C=C2)cc1. The Kier molecular flexibility index (Phi) is 7.05. The molecule has 6 rings (SSSR count). The molecule has 2 heterocycles. The van der Waals surface area contributed by atoms with E-state index in [0.717, 1.165) is 53.1 Å². The Hall–Kier alpha value is -4.52. The molecular weight excluding hydrogens is 524 g/mol. The number of amides is 1. The first kappa shape index (κ1) is 27.6. The second kappa shape index (κ2) is 10.7. The van der Waals surface area contributed by atoms with E-state index in [4.69, 9.17) is 14.8 Å². The fourth-order valence-corrected chi connectivity index (χ4v) is 5.86. The summed E-state index contributed by atoms with van der Waals surface area (Å²) < 4.78 is 5.56. The normalized spacial score (nSPS) is 20.6. The number of nitrogens with zero attached hydrogens (tertiary/aromatic N) is 3. The first-order chi connectivity index (χ1) is 20.1. The fourth-order valence-electron chi connectivity index (χ4n) is 5.86. The van der Waals surface area contributed by atoms with Gasteiger partial charge >= 0.3 is 6.09 Å². The number of nitrogens with one attached hydrogen (secondary N) is 1. The number of ketones is 1. The maximum Gasteiger partial charge on any atom is 0.408 e. The first-order valence-electron chi connectivity index (χ1n) is 14.5. The van der Waals surface area contributed by atoms with Crippen molar-refractivity contribution in [2.24, 2.45) is 10.1 Å². The fraction of sp³-hybridized carbons (Fsp3) is 0.314. The molecule has 1 saturated carbocycles. The van der Waals surface area contributed by atoms with Crippen molar-refractivity contribution >= 4 is 23.4 Å². The van der Waals surface area contributed by atoms with Crippen molar-refractivity contribution in [1.29, 1.82) is 0 Å². The van der Waals surface area contributed by atoms with Gasteiger partial charge in [0.2, 0.25) is 0 Å². The van der Waals surface area contributed by atoms with Gasteiger partial charge in [0.15, 0.2) is 5.78 Å². The van der Waals surface area contributed by atoms with E-state index in [1.165, 1.54) is 0 Å². The minimum Gasteiger partial charge on any atom is -0.444 e. The van der Waals surface area contributed by atoms with Crippen LogP contribution in [0.4, 0.5) is 4.79 Å². The van der Waals surface area contributed by atoms with Crippen LogP contribution in [0.3, 0.4) is 0 Å². The van der Waals surface area contributed by atoms with Gasteiger partial charge in [0, 0.05) is 11.1 Å². The molecule has 3 aromatic rings. The quantitative estimate of drug-likeness (QED) is 0.322. The van der Waals surface area contributed by atoms with Gasteiger partial charge in [0.1, 0.15) is 23.5 Å². The van der Waals surface area contributed by atoms with E-state index in [1.807, 2.05) is 80.4 Å². The van der Waals surface area contributed by atoms with Gasteiger partial charge in [-0.25, -0.2) is 9.80 Å². The molecule has 0 spiro atoms. The van der Waals surface area contributed by atoms with Crippen LogP contribution >= 0.6 is 0 Å². The van der Waals surface area contributed by atoms with E-state index in [2.05, 4.69) is 41.7 Å². The molecule has 0 saturated heterocycles. The predicted molar refractivity (Wildman–Crippen MR) is 165 cm³/mol. The van der Waals surface area contributed by atoms with E-state index >= 15 is 0 Å². The van der Waals surface area contributed by atoms with E-state index in [1.54, 1.807) is 6.92 Å². The third-order valence-corrected chi connectivity index (χ3v) is 8.15. The van der Waals surface area contributed by atoms with Crippen LogP contribution < -0.4 is 5.32 Å². The summed E-state index contributed by atoms with van der Waals surface area (Å²) in [5.74, 6) is 0.850. The maximum atomic E-state index is 12.6. The standard InChI is InChI=1S/C35H36N4O3/c1-23(40)24-11-13-25(14-12-24)29-19-20-30-36-31(32(39(30)38-29)27-9-6-5-7-10-27)26-15-17-28(18-16-26)35(21-8-22-35)37-33(41)42-34(2,3)4/h5-7,9-20,31-32H,8,21-22H2,1-4H3,(H,37,41). The van der Waals surface area contributed by atoms with Crippen molar-refractivity contribution in [3.8, 4) is 0 Å². The monoisotopic (exact) mass is 560 g/mol. The summed E-state index contributed by atoms with van der Waals surface area (Å²) in [6.07, 6.45) is 6.43. The van der Waals surface area contributed by atoms with Crippen LogP contribution in [0.25, 0.3) is 0 Å². The second-order valence-corrected chi connectivity index (χ2v) is 12.3.